The molecule has 0 radical (unpaired) electrons. The van der Waals surface area contributed by atoms with Gasteiger partial charge in [0, 0.05) is 70.2 Å². The molecule has 0 aliphatic carbocycles. The average Bonchev–Trinajstić information content (AvgIpc) is 3.57. The Balaban J connectivity index is 1.20. The number of β-amino-alcohol motifs (C(OH)–C–C–N with tert-alkyl or cyclic N) is 1. The molecule has 0 saturated carbocycles. The first-order valence-corrected chi connectivity index (χ1v) is 14.1. The highest BCUT2D eigenvalue weighted by atomic mass is 35.5. The number of halogens is 4. The first kappa shape index (κ1) is 30.4. The molecule has 1 N–H and O–H groups in total. The number of carbonyl (C=O) groups excluding carboxylic acids is 2. The van der Waals surface area contributed by atoms with Gasteiger partial charge in [-0.3, -0.25) is 4.79 Å². The summed E-state index contributed by atoms with van der Waals surface area (Å²) in [5.41, 5.74) is 0.861. The molecule has 2 saturated heterocycles. The van der Waals surface area contributed by atoms with Crippen molar-refractivity contribution in [3.05, 3.63) is 52.5 Å². The molecule has 1 spiro atoms. The number of likely N-dealkylation sites (tertiary alicyclic amines) is 2. The quantitative estimate of drug-likeness (QED) is 0.355. The zero-order valence-corrected chi connectivity index (χ0v) is 23.7. The second-order valence-electron chi connectivity index (χ2n) is 10.9. The minimum absolute atomic E-state index is 0.0729. The maximum atomic E-state index is 13.2. The minimum Gasteiger partial charge on any atom is -0.490 e. The highest BCUT2D eigenvalue weighted by Crippen LogP contribution is 2.42. The lowest BCUT2D eigenvalue weighted by Crippen LogP contribution is -2.49. The predicted octanol–water partition coefficient (Wildman–Crippen LogP) is 3.88. The molecule has 13 heteroatoms. The second kappa shape index (κ2) is 12.3. The zero-order chi connectivity index (χ0) is 30.1. The number of aliphatic hydroxyl groups excluding tert-OH is 1. The Bertz CT molecular complexity index is 1320. The number of hydrogen-bond acceptors (Lipinski definition) is 8. The van der Waals surface area contributed by atoms with Gasteiger partial charge in [-0.05, 0) is 42.3 Å². The van der Waals surface area contributed by atoms with E-state index in [-0.39, 0.29) is 36.2 Å². The van der Waals surface area contributed by atoms with Gasteiger partial charge in [-0.15, -0.1) is 0 Å². The average molecular weight is 613 g/mol. The van der Waals surface area contributed by atoms with Crippen LogP contribution in [-0.4, -0.2) is 97.2 Å². The van der Waals surface area contributed by atoms with Crippen molar-refractivity contribution in [2.24, 2.45) is 0 Å². The third kappa shape index (κ3) is 6.94. The number of hydrogen-bond donors (Lipinski definition) is 1. The van der Waals surface area contributed by atoms with E-state index in [4.69, 9.17) is 25.8 Å². The molecule has 2 fully saturated rings. The van der Waals surface area contributed by atoms with Crippen LogP contribution in [0.3, 0.4) is 0 Å². The lowest BCUT2D eigenvalue weighted by molar-refractivity contribution is -0.189. The summed E-state index contributed by atoms with van der Waals surface area (Å²) in [5.74, 6) is -2.49. The van der Waals surface area contributed by atoms with E-state index in [2.05, 4.69) is 9.64 Å². The largest absolute Gasteiger partial charge is 0.491 e. The molecule has 2 atom stereocenters. The van der Waals surface area contributed by atoms with Crippen LogP contribution in [0.2, 0.25) is 5.02 Å². The maximum absolute atomic E-state index is 13.2. The molecule has 9 nitrogen and oxygen atoms in total. The van der Waals surface area contributed by atoms with Gasteiger partial charge in [0.2, 0.25) is 0 Å². The van der Waals surface area contributed by atoms with Crippen LogP contribution in [0.1, 0.15) is 35.2 Å². The Kier molecular flexibility index (Phi) is 8.89. The van der Waals surface area contributed by atoms with E-state index < -0.39 is 29.9 Å². The standard InChI is InChI=1S/C29H32ClF3N2O7/c1-39-22-6-9-35(16-22)26(37)23-4-3-21(41-27(38)29(31,32)33)13-25(23)40-17-20(36)15-34-10-7-28(8-11-34)14-18-12-19(30)2-5-24(18)42-28/h2-5,12-13,20,22,36H,6-11,14-17H2,1H3/t20-,22+/m1/s1. The molecule has 42 heavy (non-hydrogen) atoms. The van der Waals surface area contributed by atoms with Gasteiger partial charge >= 0.3 is 12.1 Å². The minimum atomic E-state index is -5.19. The Hall–Kier alpha value is -3.06. The van der Waals surface area contributed by atoms with Crippen LogP contribution in [0.15, 0.2) is 36.4 Å². The Labute approximate surface area is 246 Å². The van der Waals surface area contributed by atoms with E-state index in [1.807, 2.05) is 12.1 Å². The van der Waals surface area contributed by atoms with Crippen molar-refractivity contribution in [1.29, 1.82) is 0 Å². The molecular formula is C29H32ClF3N2O7. The lowest BCUT2D eigenvalue weighted by atomic mass is 9.87. The van der Waals surface area contributed by atoms with E-state index in [1.165, 1.54) is 6.07 Å². The van der Waals surface area contributed by atoms with Crippen LogP contribution in [0, 0.1) is 0 Å². The van der Waals surface area contributed by atoms with E-state index in [1.54, 1.807) is 18.1 Å². The van der Waals surface area contributed by atoms with Crippen LogP contribution >= 0.6 is 11.6 Å². The fourth-order valence-corrected chi connectivity index (χ4v) is 5.86. The molecule has 5 rings (SSSR count). The molecule has 2 aromatic rings. The number of fused-ring (bicyclic) bond motifs is 1. The first-order chi connectivity index (χ1) is 19.9. The summed E-state index contributed by atoms with van der Waals surface area (Å²) < 4.78 is 60.0. The summed E-state index contributed by atoms with van der Waals surface area (Å²) in [7, 11) is 1.55. The summed E-state index contributed by atoms with van der Waals surface area (Å²) in [6.07, 6.45) is -3.35. The third-order valence-corrected chi connectivity index (χ3v) is 8.16. The molecule has 0 bridgehead atoms. The van der Waals surface area contributed by atoms with E-state index in [0.29, 0.717) is 37.6 Å². The Morgan fingerprint density at radius 2 is 1.93 bits per heavy atom. The van der Waals surface area contributed by atoms with Crippen LogP contribution in [-0.2, 0) is 16.0 Å². The number of esters is 1. The van der Waals surface area contributed by atoms with Gasteiger partial charge in [-0.25, -0.2) is 4.79 Å². The molecule has 1 amide bonds. The van der Waals surface area contributed by atoms with Gasteiger partial charge < -0.3 is 33.9 Å². The van der Waals surface area contributed by atoms with Crippen molar-refractivity contribution in [3.8, 4) is 17.2 Å². The van der Waals surface area contributed by atoms with Crippen LogP contribution in [0.5, 0.6) is 17.2 Å². The van der Waals surface area contributed by atoms with Crippen LogP contribution in [0.4, 0.5) is 13.2 Å². The van der Waals surface area contributed by atoms with Crippen molar-refractivity contribution < 1.29 is 46.8 Å². The molecule has 0 unspecified atom stereocenters. The van der Waals surface area contributed by atoms with Crippen molar-refractivity contribution in [3.63, 3.8) is 0 Å². The van der Waals surface area contributed by atoms with Gasteiger partial charge in [0.25, 0.3) is 5.91 Å². The number of methoxy groups -OCH3 is 1. The fourth-order valence-electron chi connectivity index (χ4n) is 5.66. The summed E-state index contributed by atoms with van der Waals surface area (Å²) >= 11 is 6.13. The third-order valence-electron chi connectivity index (χ3n) is 7.92. The van der Waals surface area contributed by atoms with Crippen molar-refractivity contribution in [1.82, 2.24) is 9.80 Å². The summed E-state index contributed by atoms with van der Waals surface area (Å²) in [6.45, 7) is 2.19. The van der Waals surface area contributed by atoms with Gasteiger partial charge in [0.15, 0.2) is 0 Å². The molecule has 3 aliphatic heterocycles. The number of rotatable bonds is 8. The number of nitrogens with zero attached hydrogens (tertiary/aromatic N) is 2. The SMILES string of the molecule is CO[C@H]1CCN(C(=O)c2ccc(OC(=O)C(F)(F)F)cc2OC[C@H](O)CN2CCC3(CC2)Cc2cc(Cl)ccc2O3)C1. The number of alkyl halides is 3. The number of piperidine rings is 1. The lowest BCUT2D eigenvalue weighted by Gasteiger charge is -2.39. The monoisotopic (exact) mass is 612 g/mol. The van der Waals surface area contributed by atoms with Crippen LogP contribution in [0.25, 0.3) is 0 Å². The molecule has 3 aliphatic rings. The number of ether oxygens (including phenoxy) is 4. The van der Waals surface area contributed by atoms with Gasteiger partial charge in [-0.1, -0.05) is 11.6 Å². The Morgan fingerprint density at radius 1 is 1.17 bits per heavy atom. The summed E-state index contributed by atoms with van der Waals surface area (Å²) in [6, 6.07) is 9.03. The summed E-state index contributed by atoms with van der Waals surface area (Å²) in [4.78, 5) is 28.2. The molecule has 0 aromatic heterocycles. The summed E-state index contributed by atoms with van der Waals surface area (Å²) in [5, 5.41) is 11.4. The van der Waals surface area contributed by atoms with Gasteiger partial charge in [0.05, 0.1) is 11.7 Å². The number of aliphatic hydroxyl groups is 1. The topological polar surface area (TPSA) is 97.8 Å². The molecule has 2 aromatic carbocycles. The van der Waals surface area contributed by atoms with Crippen LogP contribution < -0.4 is 14.2 Å². The van der Waals surface area contributed by atoms with Gasteiger partial charge in [0.1, 0.15) is 35.6 Å². The smallest absolute Gasteiger partial charge is 0.490 e. The number of amides is 1. The Morgan fingerprint density at radius 3 is 2.62 bits per heavy atom. The number of carbonyl (C=O) groups is 2. The zero-order valence-electron chi connectivity index (χ0n) is 23.0. The van der Waals surface area contributed by atoms with Crippen molar-refractivity contribution >= 4 is 23.5 Å². The molecular weight excluding hydrogens is 581 g/mol. The normalized spacial score (nSPS) is 20.7. The first-order valence-electron chi connectivity index (χ1n) is 13.7. The second-order valence-corrected chi connectivity index (χ2v) is 11.4. The van der Waals surface area contributed by atoms with Crippen molar-refractivity contribution in [2.75, 3.05) is 46.4 Å². The van der Waals surface area contributed by atoms with Gasteiger partial charge in [-0.2, -0.15) is 13.2 Å². The van der Waals surface area contributed by atoms with E-state index >= 15 is 0 Å². The molecule has 228 valence electrons. The predicted molar refractivity (Wildman–Crippen MR) is 145 cm³/mol. The molecule has 3 heterocycles. The van der Waals surface area contributed by atoms with Crippen molar-refractivity contribution in [2.45, 2.75) is 49.7 Å². The maximum Gasteiger partial charge on any atom is 0.491 e. The van der Waals surface area contributed by atoms with E-state index in [9.17, 15) is 27.9 Å². The fraction of sp³-hybridized carbons (Fsp3) is 0.517. The number of benzene rings is 2. The highest BCUT2D eigenvalue weighted by Gasteiger charge is 2.43. The van der Waals surface area contributed by atoms with E-state index in [0.717, 1.165) is 42.7 Å². The highest BCUT2D eigenvalue weighted by molar-refractivity contribution is 6.30.